The van der Waals surface area contributed by atoms with Crippen LogP contribution in [-0.2, 0) is 9.47 Å². The van der Waals surface area contributed by atoms with E-state index in [1.807, 2.05) is 48.5 Å². The third kappa shape index (κ3) is 11.2. The molecule has 0 spiro atoms. The fourth-order valence-electron chi connectivity index (χ4n) is 1.71. The highest BCUT2D eigenvalue weighted by molar-refractivity contribution is 6.67. The van der Waals surface area contributed by atoms with Crippen molar-refractivity contribution in [1.29, 1.82) is 0 Å². The van der Waals surface area contributed by atoms with E-state index in [4.69, 9.17) is 9.47 Å². The van der Waals surface area contributed by atoms with E-state index in [1.165, 1.54) is 0 Å². The molecule has 25 heavy (non-hydrogen) atoms. The normalized spacial score (nSPS) is 8.32. The Morgan fingerprint density at radius 3 is 1.12 bits per heavy atom. The molecule has 2 rings (SSSR count). The summed E-state index contributed by atoms with van der Waals surface area (Å²) < 4.78 is 19.2. The Balaban J connectivity index is -0.000000539. The molecule has 141 valence electrons. The summed E-state index contributed by atoms with van der Waals surface area (Å²) in [4.78, 5) is 0. The lowest BCUT2D eigenvalue weighted by Gasteiger charge is -2.04. The zero-order chi connectivity index (χ0) is 16.2. The summed E-state index contributed by atoms with van der Waals surface area (Å²) in [6.07, 6.45) is 0. The van der Waals surface area contributed by atoms with E-state index in [0.29, 0.717) is 6.79 Å². The number of ether oxygens (including phenoxy) is 4. The summed E-state index contributed by atoms with van der Waals surface area (Å²) in [6.45, 7) is 0.389. The molecule has 0 atom stereocenters. The highest BCUT2D eigenvalue weighted by atomic mass is 16.6. The molecule has 4 nitrogen and oxygen atoms in total. The van der Waals surface area contributed by atoms with Crippen LogP contribution in [0.4, 0.5) is 0 Å². The van der Waals surface area contributed by atoms with Crippen LogP contribution in [0.3, 0.4) is 0 Å². The zero-order valence-electron chi connectivity index (χ0n) is 13.5. The zero-order valence-corrected chi connectivity index (χ0v) is 13.5. The van der Waals surface area contributed by atoms with E-state index < -0.39 is 0 Å². The van der Waals surface area contributed by atoms with Crippen molar-refractivity contribution in [2.75, 3.05) is 35.2 Å². The second-order valence-corrected chi connectivity index (χ2v) is 4.39. The summed E-state index contributed by atoms with van der Waals surface area (Å²) in [6, 6.07) is 15.9. The third-order valence-corrected chi connectivity index (χ3v) is 2.80. The number of hydrogen-bond acceptors (Lipinski definition) is 4. The molecule has 2 aromatic carbocycles. The van der Waals surface area contributed by atoms with E-state index in [-0.39, 0.29) is 22.3 Å². The van der Waals surface area contributed by atoms with Crippen LogP contribution in [0.15, 0.2) is 48.5 Å². The van der Waals surface area contributed by atoms with Crippen molar-refractivity contribution in [3.8, 4) is 11.5 Å². The van der Waals surface area contributed by atoms with Gasteiger partial charge in [-0.1, -0.05) is 57.5 Å². The third-order valence-electron chi connectivity index (χ3n) is 2.80. The Morgan fingerprint density at radius 2 is 0.920 bits per heavy atom. The smallest absolute Gasteiger partial charge is 0.191 e. The van der Waals surface area contributed by atoms with Gasteiger partial charge in [-0.25, -0.2) is 0 Å². The summed E-state index contributed by atoms with van der Waals surface area (Å²) in [5.74, 6) is 1.74. The van der Waals surface area contributed by atoms with Crippen LogP contribution < -0.4 is 20.4 Å². The molecule has 0 bridgehead atoms. The number of hydrogen-bond donors (Lipinski definition) is 0. The molecule has 0 saturated heterocycles. The maximum absolute atomic E-state index is 5.12. The van der Waals surface area contributed by atoms with E-state index in [2.05, 4.69) is 16.8 Å². The summed E-state index contributed by atoms with van der Waals surface area (Å²) in [5, 5.41) is 0. The molecule has 0 aromatic heterocycles. The molecule has 0 saturated carbocycles. The lowest BCUT2D eigenvalue weighted by molar-refractivity contribution is -0.00271. The topological polar surface area (TPSA) is 36.9 Å². The first-order chi connectivity index (χ1) is 10.7. The van der Waals surface area contributed by atoms with Gasteiger partial charge < -0.3 is 18.9 Å². The monoisotopic (exact) mass is 349 g/mol. The summed E-state index contributed by atoms with van der Waals surface area (Å²) in [5.41, 5.74) is 2.30. The van der Waals surface area contributed by atoms with Crippen molar-refractivity contribution in [3.05, 3.63) is 48.5 Å². The Labute approximate surface area is 155 Å². The van der Waals surface area contributed by atoms with Gasteiger partial charge in [-0.2, -0.15) is 0 Å². The van der Waals surface area contributed by atoms with Crippen molar-refractivity contribution >= 4 is 18.2 Å². The van der Waals surface area contributed by atoms with Crippen LogP contribution in [0.1, 0.15) is 22.3 Å². The van der Waals surface area contributed by atoms with E-state index in [0.717, 1.165) is 22.4 Å². The van der Waals surface area contributed by atoms with Crippen LogP contribution in [0.2, 0.25) is 0 Å². The Bertz CT molecular complexity index is 465. The van der Waals surface area contributed by atoms with Gasteiger partial charge in [0.1, 0.15) is 18.3 Å². The van der Waals surface area contributed by atoms with Crippen LogP contribution >= 0.6 is 0 Å². The van der Waals surface area contributed by atoms with Gasteiger partial charge in [0.25, 0.3) is 0 Å². The lowest BCUT2D eigenvalue weighted by atomic mass is 9.64. The molecular weight excluding hydrogens is 315 g/mol. The van der Waals surface area contributed by atoms with Gasteiger partial charge in [-0.3, -0.25) is 0 Å². The SMILES string of the molecule is C.C.C.COCOC.COc1ccc([B]c2ccc(OC)cc2)cc1. The standard InChI is InChI=1S/C14H14BO2.C3H8O2.3CH4/c1-16-13-7-3-11(4-8-13)15-12-5-9-14(17-2)10-6-12;1-4-3-5-2;;;/h3-10H,1-2H3;3H2,1-2H3;3*1H4. The molecule has 0 aliphatic rings. The highest BCUT2D eigenvalue weighted by Crippen LogP contribution is 2.06. The Morgan fingerprint density at radius 1 is 0.600 bits per heavy atom. The predicted molar refractivity (Wildman–Crippen MR) is 110 cm³/mol. The molecule has 0 aliphatic heterocycles. The second-order valence-electron chi connectivity index (χ2n) is 4.39. The van der Waals surface area contributed by atoms with E-state index >= 15 is 0 Å². The molecule has 0 fully saturated rings. The van der Waals surface area contributed by atoms with Crippen LogP contribution in [0, 0.1) is 0 Å². The molecule has 0 unspecified atom stereocenters. The molecule has 5 heteroatoms. The first-order valence-electron chi connectivity index (χ1n) is 6.84. The van der Waals surface area contributed by atoms with Gasteiger partial charge in [0.05, 0.1) is 14.2 Å². The summed E-state index contributed by atoms with van der Waals surface area (Å²) in [7, 11) is 8.62. The largest absolute Gasteiger partial charge is 0.497 e. The fraction of sp³-hybridized carbons (Fsp3) is 0.400. The molecule has 0 aliphatic carbocycles. The minimum Gasteiger partial charge on any atom is -0.497 e. The second kappa shape index (κ2) is 16.9. The first kappa shape index (κ1) is 27.9. The van der Waals surface area contributed by atoms with Crippen molar-refractivity contribution in [3.63, 3.8) is 0 Å². The fourth-order valence-corrected chi connectivity index (χ4v) is 1.71. The van der Waals surface area contributed by atoms with Gasteiger partial charge in [-0.15, -0.1) is 0 Å². The van der Waals surface area contributed by atoms with Crippen LogP contribution in [-0.4, -0.2) is 42.5 Å². The molecule has 2 aromatic rings. The van der Waals surface area contributed by atoms with E-state index in [1.54, 1.807) is 28.4 Å². The van der Waals surface area contributed by atoms with Crippen molar-refractivity contribution in [2.24, 2.45) is 0 Å². The molecule has 0 heterocycles. The molecule has 0 amide bonds. The first-order valence-corrected chi connectivity index (χ1v) is 6.84. The maximum atomic E-state index is 5.12. The average Bonchev–Trinajstić information content (AvgIpc) is 2.57. The predicted octanol–water partition coefficient (Wildman–Crippen LogP) is 3.50. The lowest BCUT2D eigenvalue weighted by Crippen LogP contribution is -2.26. The Kier molecular flexibility index (Phi) is 18.8. The van der Waals surface area contributed by atoms with Crippen molar-refractivity contribution in [2.45, 2.75) is 22.3 Å². The average molecular weight is 349 g/mol. The van der Waals surface area contributed by atoms with Crippen LogP contribution in [0.25, 0.3) is 0 Å². The molecule has 1 radical (unpaired) electrons. The van der Waals surface area contributed by atoms with Crippen LogP contribution in [0.5, 0.6) is 11.5 Å². The molecular formula is C20H34BO4. The molecule has 0 N–H and O–H groups in total. The van der Waals surface area contributed by atoms with Gasteiger partial charge >= 0.3 is 0 Å². The quantitative estimate of drug-likeness (QED) is 0.591. The van der Waals surface area contributed by atoms with Gasteiger partial charge in [0.15, 0.2) is 7.28 Å². The van der Waals surface area contributed by atoms with Gasteiger partial charge in [0.2, 0.25) is 0 Å². The van der Waals surface area contributed by atoms with Crippen molar-refractivity contribution < 1.29 is 18.9 Å². The minimum atomic E-state index is 0. The number of rotatable bonds is 6. The maximum Gasteiger partial charge on any atom is 0.191 e. The minimum absolute atomic E-state index is 0. The highest BCUT2D eigenvalue weighted by Gasteiger charge is 2.00. The number of methoxy groups -OCH3 is 4. The van der Waals surface area contributed by atoms with Gasteiger partial charge in [0, 0.05) is 14.2 Å². The number of benzene rings is 2. The summed E-state index contributed by atoms with van der Waals surface area (Å²) >= 11 is 0. The van der Waals surface area contributed by atoms with E-state index in [9.17, 15) is 0 Å². The van der Waals surface area contributed by atoms with Gasteiger partial charge in [-0.05, 0) is 24.3 Å². The van der Waals surface area contributed by atoms with Crippen molar-refractivity contribution in [1.82, 2.24) is 0 Å². The Hall–Kier alpha value is -1.98.